The summed E-state index contributed by atoms with van der Waals surface area (Å²) in [4.78, 5) is 19.2. The first-order chi connectivity index (χ1) is 15.2. The number of ether oxygens (including phenoxy) is 2. The van der Waals surface area contributed by atoms with E-state index in [4.69, 9.17) is 26.2 Å². The van der Waals surface area contributed by atoms with Crippen LogP contribution in [0.25, 0.3) is 6.08 Å². The molecule has 1 amide bonds. The number of methoxy groups -OCH3 is 2. The Kier molecular flexibility index (Phi) is 7.83. The molecule has 1 aliphatic heterocycles. The number of benzene rings is 2. The van der Waals surface area contributed by atoms with Crippen molar-refractivity contribution in [3.63, 3.8) is 0 Å². The molecule has 2 N–H and O–H groups in total. The Balaban J connectivity index is 1.91. The zero-order valence-electron chi connectivity index (χ0n) is 17.4. The highest BCUT2D eigenvalue weighted by molar-refractivity contribution is 8.14. The Morgan fingerprint density at radius 3 is 2.50 bits per heavy atom. The number of halogens is 1. The number of thioether (sulfide) groups is 1. The molecule has 0 fully saturated rings. The van der Waals surface area contributed by atoms with Crippen molar-refractivity contribution in [3.05, 3.63) is 58.7 Å². The number of hydrogen-bond donors (Lipinski definition) is 1. The Bertz CT molecular complexity index is 1160. The number of aliphatic imine (C=N–C) groups is 1. The van der Waals surface area contributed by atoms with Crippen LogP contribution in [0.1, 0.15) is 12.0 Å². The molecule has 2 aromatic rings. The summed E-state index contributed by atoms with van der Waals surface area (Å²) < 4.78 is 32.8. The summed E-state index contributed by atoms with van der Waals surface area (Å²) in [7, 11) is -0.486. The molecule has 170 valence electrons. The summed E-state index contributed by atoms with van der Waals surface area (Å²) in [6.45, 7) is 0. The van der Waals surface area contributed by atoms with Gasteiger partial charge in [-0.05, 0) is 42.3 Å². The topological polar surface area (TPSA) is 111 Å². The molecule has 0 atom stereocenters. The lowest BCUT2D eigenvalue weighted by atomic mass is 10.2. The van der Waals surface area contributed by atoms with Crippen molar-refractivity contribution in [2.24, 2.45) is 10.1 Å². The summed E-state index contributed by atoms with van der Waals surface area (Å²) >= 11 is 7.40. The van der Waals surface area contributed by atoms with Crippen LogP contribution >= 0.6 is 23.4 Å². The van der Waals surface area contributed by atoms with E-state index in [9.17, 15) is 13.2 Å². The van der Waals surface area contributed by atoms with E-state index in [0.29, 0.717) is 39.6 Å². The van der Waals surface area contributed by atoms with Gasteiger partial charge in [-0.15, -0.1) is 0 Å². The van der Waals surface area contributed by atoms with Crippen LogP contribution < -0.4 is 19.5 Å². The Morgan fingerprint density at radius 2 is 1.88 bits per heavy atom. The van der Waals surface area contributed by atoms with Crippen LogP contribution in [0.4, 0.5) is 5.69 Å². The number of hydrogen-bond acceptors (Lipinski definition) is 7. The van der Waals surface area contributed by atoms with Crippen LogP contribution in [0.3, 0.4) is 0 Å². The first-order valence-corrected chi connectivity index (χ1v) is 12.6. The molecule has 3 rings (SSSR count). The zero-order valence-corrected chi connectivity index (χ0v) is 19.8. The van der Waals surface area contributed by atoms with Crippen LogP contribution in [0.2, 0.25) is 5.02 Å². The van der Waals surface area contributed by atoms with Crippen LogP contribution in [-0.4, -0.2) is 45.2 Å². The molecule has 8 nitrogen and oxygen atoms in total. The molecular weight excluding hydrogens is 474 g/mol. The van der Waals surface area contributed by atoms with E-state index < -0.39 is 10.0 Å². The van der Waals surface area contributed by atoms with Crippen LogP contribution in [0, 0.1) is 0 Å². The number of amidine groups is 1. The highest BCUT2D eigenvalue weighted by Gasteiger charge is 2.32. The van der Waals surface area contributed by atoms with E-state index in [1.807, 2.05) is 12.1 Å². The number of amides is 1. The normalized spacial score (nSPS) is 15.2. The maximum absolute atomic E-state index is 13.2. The minimum Gasteiger partial charge on any atom is -0.497 e. The average Bonchev–Trinajstić information content (AvgIpc) is 3.06. The van der Waals surface area contributed by atoms with Crippen LogP contribution in [0.15, 0.2) is 53.2 Å². The Hall–Kier alpha value is -2.53. The van der Waals surface area contributed by atoms with Crippen molar-refractivity contribution in [1.29, 1.82) is 0 Å². The first kappa shape index (κ1) is 24.1. The van der Waals surface area contributed by atoms with Gasteiger partial charge in [-0.3, -0.25) is 9.69 Å². The van der Waals surface area contributed by atoms with Gasteiger partial charge in [0.25, 0.3) is 5.91 Å². The molecule has 0 radical (unpaired) electrons. The van der Waals surface area contributed by atoms with Crippen molar-refractivity contribution in [3.8, 4) is 11.5 Å². The summed E-state index contributed by atoms with van der Waals surface area (Å²) in [5.41, 5.74) is 1.57. The smallest absolute Gasteiger partial charge is 0.283 e. The maximum atomic E-state index is 13.2. The molecule has 0 aromatic heterocycles. The van der Waals surface area contributed by atoms with Crippen molar-refractivity contribution < 1.29 is 22.7 Å². The fourth-order valence-corrected chi connectivity index (χ4v) is 4.77. The second-order valence-electron chi connectivity index (χ2n) is 6.73. The molecule has 32 heavy (non-hydrogen) atoms. The van der Waals surface area contributed by atoms with Crippen LogP contribution in [-0.2, 0) is 14.8 Å². The first-order valence-electron chi connectivity index (χ1n) is 9.47. The number of nitrogens with zero attached hydrogens (tertiary/aromatic N) is 2. The van der Waals surface area contributed by atoms with Gasteiger partial charge >= 0.3 is 0 Å². The number of nitrogens with two attached hydrogens (primary N) is 1. The standard InChI is InChI=1S/C21H22ClN3O5S2/c1-29-16-7-4-14(5-8-16)12-18-20(26)25(15-6-9-17(22)19(13-15)30-2)21(24-18)31-10-3-11-32(23,27)28/h4-9,12-13H,3,10-11H2,1-2H3,(H2,23,27,28)/b18-12-. The molecular formula is C21H22ClN3O5S2. The fraction of sp³-hybridized carbons (Fsp3) is 0.238. The minimum absolute atomic E-state index is 0.148. The predicted octanol–water partition coefficient (Wildman–Crippen LogP) is 3.51. The summed E-state index contributed by atoms with van der Waals surface area (Å²) in [5, 5.41) is 5.91. The van der Waals surface area contributed by atoms with E-state index in [1.165, 1.54) is 23.8 Å². The Labute approximate surface area is 196 Å². The second kappa shape index (κ2) is 10.4. The van der Waals surface area contributed by atoms with Gasteiger partial charge < -0.3 is 9.47 Å². The third kappa shape index (κ3) is 6.04. The second-order valence-corrected chi connectivity index (χ2v) is 9.93. The van der Waals surface area contributed by atoms with Gasteiger partial charge in [0.2, 0.25) is 10.0 Å². The van der Waals surface area contributed by atoms with Gasteiger partial charge in [0.05, 0.1) is 30.7 Å². The zero-order chi connectivity index (χ0) is 23.3. The van der Waals surface area contributed by atoms with Gasteiger partial charge in [-0.25, -0.2) is 18.5 Å². The van der Waals surface area contributed by atoms with Crippen molar-refractivity contribution in [2.45, 2.75) is 6.42 Å². The molecule has 1 aliphatic rings. The van der Waals surface area contributed by atoms with Crippen molar-refractivity contribution >= 4 is 56.2 Å². The SMILES string of the molecule is COc1ccc(/C=C2\N=C(SCCCS(N)(=O)=O)N(c3ccc(Cl)c(OC)c3)C2=O)cc1. The monoisotopic (exact) mass is 495 g/mol. The number of carbonyl (C=O) groups is 1. The molecule has 0 bridgehead atoms. The molecule has 1 heterocycles. The quantitative estimate of drug-likeness (QED) is 0.443. The van der Waals surface area contributed by atoms with Crippen molar-refractivity contribution in [1.82, 2.24) is 0 Å². The maximum Gasteiger partial charge on any atom is 0.283 e. The van der Waals surface area contributed by atoms with E-state index in [1.54, 1.807) is 43.5 Å². The van der Waals surface area contributed by atoms with Gasteiger partial charge in [0.15, 0.2) is 5.17 Å². The van der Waals surface area contributed by atoms with E-state index >= 15 is 0 Å². The summed E-state index contributed by atoms with van der Waals surface area (Å²) in [6, 6.07) is 12.2. The molecule has 0 unspecified atom stereocenters. The molecule has 0 aliphatic carbocycles. The van der Waals surface area contributed by atoms with Crippen LogP contribution in [0.5, 0.6) is 11.5 Å². The van der Waals surface area contributed by atoms with E-state index in [-0.39, 0.29) is 17.4 Å². The van der Waals surface area contributed by atoms with Gasteiger partial charge in [-0.1, -0.05) is 35.5 Å². The van der Waals surface area contributed by atoms with Gasteiger partial charge in [-0.2, -0.15) is 0 Å². The number of rotatable bonds is 8. The number of anilines is 1. The third-order valence-corrected chi connectivity index (χ3v) is 6.64. The molecule has 0 saturated heterocycles. The average molecular weight is 496 g/mol. The fourth-order valence-electron chi connectivity index (χ4n) is 2.89. The van der Waals surface area contributed by atoms with E-state index in [0.717, 1.165) is 5.56 Å². The minimum atomic E-state index is -3.55. The highest BCUT2D eigenvalue weighted by atomic mass is 35.5. The molecule has 0 saturated carbocycles. The van der Waals surface area contributed by atoms with Gasteiger partial charge in [0.1, 0.15) is 17.2 Å². The lowest BCUT2D eigenvalue weighted by molar-refractivity contribution is -0.113. The molecule has 0 spiro atoms. The lowest BCUT2D eigenvalue weighted by Gasteiger charge is -2.19. The molecule has 11 heteroatoms. The number of primary sulfonamides is 1. The summed E-state index contributed by atoms with van der Waals surface area (Å²) in [6.07, 6.45) is 2.01. The number of sulfonamides is 1. The highest BCUT2D eigenvalue weighted by Crippen LogP contribution is 2.34. The largest absolute Gasteiger partial charge is 0.497 e. The summed E-state index contributed by atoms with van der Waals surface area (Å²) in [5.74, 6) is 1.07. The third-order valence-electron chi connectivity index (χ3n) is 4.45. The van der Waals surface area contributed by atoms with Gasteiger partial charge in [0, 0.05) is 11.8 Å². The molecule has 2 aromatic carbocycles. The van der Waals surface area contributed by atoms with E-state index in [2.05, 4.69) is 4.99 Å². The Morgan fingerprint density at radius 1 is 1.16 bits per heavy atom. The van der Waals surface area contributed by atoms with Crippen molar-refractivity contribution in [2.75, 3.05) is 30.6 Å². The predicted molar refractivity (Wildman–Crippen MR) is 129 cm³/mol. The number of carbonyl (C=O) groups excluding carboxylic acids is 1. The lowest BCUT2D eigenvalue weighted by Crippen LogP contribution is -2.30.